The van der Waals surface area contributed by atoms with E-state index in [0.29, 0.717) is 18.6 Å². The molecular weight excluding hydrogens is 262 g/mol. The molecule has 1 aromatic carbocycles. The van der Waals surface area contributed by atoms with E-state index in [1.807, 2.05) is 25.1 Å². The highest BCUT2D eigenvalue weighted by molar-refractivity contribution is 5.79. The second kappa shape index (κ2) is 9.27. The van der Waals surface area contributed by atoms with Crippen LogP contribution in [0, 0.1) is 5.92 Å². The van der Waals surface area contributed by atoms with E-state index >= 15 is 0 Å². The van der Waals surface area contributed by atoms with Gasteiger partial charge >= 0.3 is 0 Å². The molecule has 0 amide bonds. The molecule has 0 heterocycles. The number of para-hydroxylation sites is 1. The number of aliphatic imine (C=N–C) groups is 1. The van der Waals surface area contributed by atoms with Crippen LogP contribution in [0.15, 0.2) is 29.3 Å². The lowest BCUT2D eigenvalue weighted by atomic mass is 10.1. The summed E-state index contributed by atoms with van der Waals surface area (Å²) in [6, 6.07) is 8.58. The topological polar surface area (TPSA) is 45.6 Å². The molecule has 4 heteroatoms. The van der Waals surface area contributed by atoms with E-state index in [2.05, 4.69) is 42.5 Å². The van der Waals surface area contributed by atoms with Crippen LogP contribution in [0.1, 0.15) is 33.3 Å². The minimum Gasteiger partial charge on any atom is -0.494 e. The van der Waals surface area contributed by atoms with Gasteiger partial charge in [0.1, 0.15) is 5.75 Å². The summed E-state index contributed by atoms with van der Waals surface area (Å²) in [6.45, 7) is 10.1. The van der Waals surface area contributed by atoms with E-state index in [-0.39, 0.29) is 0 Å². The van der Waals surface area contributed by atoms with Gasteiger partial charge in [0, 0.05) is 19.6 Å². The summed E-state index contributed by atoms with van der Waals surface area (Å²) >= 11 is 0. The molecule has 1 atom stereocenters. The predicted molar refractivity (Wildman–Crippen MR) is 90.1 cm³/mol. The highest BCUT2D eigenvalue weighted by Crippen LogP contribution is 2.17. The van der Waals surface area contributed by atoms with Crippen LogP contribution < -0.4 is 15.4 Å². The van der Waals surface area contributed by atoms with Crippen molar-refractivity contribution in [3.05, 3.63) is 29.8 Å². The maximum atomic E-state index is 5.64. The van der Waals surface area contributed by atoms with E-state index < -0.39 is 0 Å². The van der Waals surface area contributed by atoms with Crippen LogP contribution in [0.3, 0.4) is 0 Å². The Morgan fingerprint density at radius 2 is 1.95 bits per heavy atom. The molecule has 0 aliphatic carbocycles. The molecule has 0 aliphatic heterocycles. The maximum absolute atomic E-state index is 5.64. The molecule has 1 aromatic rings. The summed E-state index contributed by atoms with van der Waals surface area (Å²) in [4.78, 5) is 4.26. The lowest BCUT2D eigenvalue weighted by molar-refractivity contribution is 0.336. The minimum atomic E-state index is 0.395. The Bertz CT molecular complexity index is 443. The zero-order valence-electron chi connectivity index (χ0n) is 13.9. The van der Waals surface area contributed by atoms with E-state index in [0.717, 1.165) is 24.7 Å². The van der Waals surface area contributed by atoms with Gasteiger partial charge in [-0.2, -0.15) is 0 Å². The number of hydrogen-bond acceptors (Lipinski definition) is 2. The molecular formula is C17H29N3O. The fourth-order valence-corrected chi connectivity index (χ4v) is 1.90. The first-order valence-electron chi connectivity index (χ1n) is 7.76. The second-order valence-electron chi connectivity index (χ2n) is 5.47. The molecule has 4 nitrogen and oxygen atoms in total. The van der Waals surface area contributed by atoms with Gasteiger partial charge in [-0.1, -0.05) is 32.0 Å². The van der Waals surface area contributed by atoms with Gasteiger partial charge in [-0.25, -0.2) is 0 Å². The first-order chi connectivity index (χ1) is 10.1. The summed E-state index contributed by atoms with van der Waals surface area (Å²) in [5.74, 6) is 2.40. The van der Waals surface area contributed by atoms with Gasteiger partial charge in [0.25, 0.3) is 0 Å². The summed E-state index contributed by atoms with van der Waals surface area (Å²) in [5.41, 5.74) is 1.22. The van der Waals surface area contributed by atoms with Crippen LogP contribution in [0.25, 0.3) is 0 Å². The molecule has 0 aromatic heterocycles. The molecule has 0 bridgehead atoms. The van der Waals surface area contributed by atoms with Gasteiger partial charge < -0.3 is 15.4 Å². The normalized spacial score (nSPS) is 13.1. The molecule has 1 unspecified atom stereocenters. The van der Waals surface area contributed by atoms with Crippen molar-refractivity contribution in [2.75, 3.05) is 20.2 Å². The number of guanidine groups is 1. The average molecular weight is 291 g/mol. The van der Waals surface area contributed by atoms with Gasteiger partial charge in [-0.3, -0.25) is 4.99 Å². The highest BCUT2D eigenvalue weighted by Gasteiger charge is 2.09. The first kappa shape index (κ1) is 17.3. The third kappa shape index (κ3) is 6.06. The molecule has 0 saturated heterocycles. The van der Waals surface area contributed by atoms with Crippen molar-refractivity contribution in [2.24, 2.45) is 10.9 Å². The fraction of sp³-hybridized carbons (Fsp3) is 0.588. The largest absolute Gasteiger partial charge is 0.494 e. The van der Waals surface area contributed by atoms with E-state index in [4.69, 9.17) is 4.74 Å². The zero-order valence-corrected chi connectivity index (χ0v) is 13.9. The van der Waals surface area contributed by atoms with Gasteiger partial charge in [-0.05, 0) is 37.8 Å². The van der Waals surface area contributed by atoms with E-state index in [1.54, 1.807) is 7.05 Å². The van der Waals surface area contributed by atoms with Crippen molar-refractivity contribution in [3.8, 4) is 5.75 Å². The Balaban J connectivity index is 2.48. The van der Waals surface area contributed by atoms with E-state index in [1.165, 1.54) is 5.56 Å². The van der Waals surface area contributed by atoms with Crippen LogP contribution in [-0.2, 0) is 6.42 Å². The third-order valence-corrected chi connectivity index (χ3v) is 3.55. The average Bonchev–Trinajstić information content (AvgIpc) is 2.47. The standard InChI is InChI=1S/C17H29N3O/c1-6-21-16-10-8-7-9-15(16)11-12-19-17(18-5)20-14(4)13(2)3/h7-10,13-14H,6,11-12H2,1-5H3,(H2,18,19,20). The monoisotopic (exact) mass is 291 g/mol. The summed E-state index contributed by atoms with van der Waals surface area (Å²) in [5, 5.41) is 6.76. The van der Waals surface area contributed by atoms with E-state index in [9.17, 15) is 0 Å². The molecule has 0 aliphatic rings. The van der Waals surface area contributed by atoms with Crippen LogP contribution in [0.5, 0.6) is 5.75 Å². The molecule has 2 N–H and O–H groups in total. The lowest BCUT2D eigenvalue weighted by Crippen LogP contribution is -2.44. The second-order valence-corrected chi connectivity index (χ2v) is 5.47. The van der Waals surface area contributed by atoms with Gasteiger partial charge in [0.2, 0.25) is 0 Å². The Labute approximate surface area is 129 Å². The summed E-state index contributed by atoms with van der Waals surface area (Å²) in [7, 11) is 1.80. The zero-order chi connectivity index (χ0) is 15.7. The Morgan fingerprint density at radius 1 is 1.24 bits per heavy atom. The van der Waals surface area contributed by atoms with Crippen molar-refractivity contribution in [2.45, 2.75) is 40.2 Å². The smallest absolute Gasteiger partial charge is 0.191 e. The number of hydrogen-bond donors (Lipinski definition) is 2. The summed E-state index contributed by atoms with van der Waals surface area (Å²) in [6.07, 6.45) is 0.910. The number of benzene rings is 1. The third-order valence-electron chi connectivity index (χ3n) is 3.55. The maximum Gasteiger partial charge on any atom is 0.191 e. The molecule has 21 heavy (non-hydrogen) atoms. The van der Waals surface area contributed by atoms with Crippen molar-refractivity contribution in [1.82, 2.24) is 10.6 Å². The van der Waals surface area contributed by atoms with Gasteiger partial charge in [-0.15, -0.1) is 0 Å². The van der Waals surface area contributed by atoms with Crippen molar-refractivity contribution in [3.63, 3.8) is 0 Å². The highest BCUT2D eigenvalue weighted by atomic mass is 16.5. The predicted octanol–water partition coefficient (Wildman–Crippen LogP) is 2.84. The first-order valence-corrected chi connectivity index (χ1v) is 7.76. The Hall–Kier alpha value is -1.71. The van der Waals surface area contributed by atoms with Crippen LogP contribution in [0.4, 0.5) is 0 Å². The minimum absolute atomic E-state index is 0.395. The number of nitrogens with one attached hydrogen (secondary N) is 2. The van der Waals surface area contributed by atoms with Gasteiger partial charge in [0.15, 0.2) is 5.96 Å². The molecule has 0 saturated carbocycles. The van der Waals surface area contributed by atoms with Crippen molar-refractivity contribution < 1.29 is 4.74 Å². The number of nitrogens with zero attached hydrogens (tertiary/aromatic N) is 1. The SMILES string of the molecule is CCOc1ccccc1CCNC(=NC)NC(C)C(C)C. The van der Waals surface area contributed by atoms with Gasteiger partial charge in [0.05, 0.1) is 6.61 Å². The molecule has 0 fully saturated rings. The fourth-order valence-electron chi connectivity index (χ4n) is 1.90. The van der Waals surface area contributed by atoms with Crippen molar-refractivity contribution >= 4 is 5.96 Å². The van der Waals surface area contributed by atoms with Crippen molar-refractivity contribution in [1.29, 1.82) is 0 Å². The molecule has 1 rings (SSSR count). The quantitative estimate of drug-likeness (QED) is 0.600. The van der Waals surface area contributed by atoms with Crippen LogP contribution >= 0.6 is 0 Å². The molecule has 0 spiro atoms. The molecule has 118 valence electrons. The Kier molecular flexibility index (Phi) is 7.65. The molecule has 0 radical (unpaired) electrons. The lowest BCUT2D eigenvalue weighted by Gasteiger charge is -2.21. The number of rotatable bonds is 7. The number of ether oxygens (including phenoxy) is 1. The Morgan fingerprint density at radius 3 is 2.57 bits per heavy atom. The summed E-state index contributed by atoms with van der Waals surface area (Å²) < 4.78 is 5.64. The van der Waals surface area contributed by atoms with Crippen LogP contribution in [0.2, 0.25) is 0 Å². The van der Waals surface area contributed by atoms with Crippen LogP contribution in [-0.4, -0.2) is 32.2 Å².